The quantitative estimate of drug-likeness (QED) is 0.253. The maximum Gasteiger partial charge on any atom is 0.0919 e. The molecule has 8 aliphatic carbocycles. The highest BCUT2D eigenvalue weighted by Crippen LogP contribution is 2.51. The molecule has 0 bridgehead atoms. The minimum atomic E-state index is 0.157. The summed E-state index contributed by atoms with van der Waals surface area (Å²) >= 11 is 0. The molecule has 8 heteroatoms. The molecule has 0 spiro atoms. The molecule has 16 aliphatic rings. The first-order valence-corrected chi connectivity index (χ1v) is 32.4. The van der Waals surface area contributed by atoms with Crippen LogP contribution in [0.4, 0.5) is 0 Å². The Hall–Kier alpha value is -4.90. The first-order valence-electron chi connectivity index (χ1n) is 32.4. The Balaban J connectivity index is 0.837. The molecule has 2 fully saturated rings. The fourth-order valence-electron chi connectivity index (χ4n) is 19.1. The first kappa shape index (κ1) is 50.8. The van der Waals surface area contributed by atoms with Gasteiger partial charge in [-0.05, 0) is 118 Å². The van der Waals surface area contributed by atoms with Crippen LogP contribution < -0.4 is 5.32 Å². The molecule has 0 saturated heterocycles. The largest absolute Gasteiger partial charge is 0.361 e. The van der Waals surface area contributed by atoms with E-state index in [1.807, 2.05) is 0 Å². The second-order valence-electron chi connectivity index (χ2n) is 26.5. The van der Waals surface area contributed by atoms with E-state index in [0.29, 0.717) is 47.6 Å². The van der Waals surface area contributed by atoms with Crippen molar-refractivity contribution in [3.8, 4) is 0 Å². The van der Waals surface area contributed by atoms with E-state index in [9.17, 15) is 0 Å². The summed E-state index contributed by atoms with van der Waals surface area (Å²) in [6.45, 7) is 8.03. The minimum Gasteiger partial charge on any atom is -0.361 e. The number of nitrogens with one attached hydrogen (secondary N) is 1. The van der Waals surface area contributed by atoms with Gasteiger partial charge in [0.2, 0.25) is 0 Å². The van der Waals surface area contributed by atoms with Crippen molar-refractivity contribution >= 4 is 0 Å². The van der Waals surface area contributed by atoms with E-state index >= 15 is 0 Å². The van der Waals surface area contributed by atoms with Crippen molar-refractivity contribution in [1.29, 1.82) is 0 Å². The molecule has 8 aliphatic heterocycles. The topological polar surface area (TPSA) is 34.7 Å². The average Bonchev–Trinajstić information content (AvgIpc) is 3.65. The lowest BCUT2D eigenvalue weighted by molar-refractivity contribution is -0.169. The molecule has 0 aromatic carbocycles. The zero-order chi connectivity index (χ0) is 52.7. The molecule has 80 heavy (non-hydrogen) atoms. The third-order valence-corrected chi connectivity index (χ3v) is 22.7. The van der Waals surface area contributed by atoms with E-state index in [1.54, 1.807) is 27.9 Å². The van der Waals surface area contributed by atoms with Gasteiger partial charge in [0.1, 0.15) is 0 Å². The van der Waals surface area contributed by atoms with Crippen LogP contribution in [-0.2, 0) is 0 Å². The molecule has 16 rings (SSSR count). The van der Waals surface area contributed by atoms with Gasteiger partial charge < -0.3 is 4.90 Å². The summed E-state index contributed by atoms with van der Waals surface area (Å²) in [5.74, 6) is 3.12. The Morgan fingerprint density at radius 2 is 1.12 bits per heavy atom. The fraction of sp³-hybridized carbons (Fsp3) is 0.528. The Morgan fingerprint density at radius 3 is 1.91 bits per heavy atom. The number of hydrogen-bond donors (Lipinski definition) is 1. The van der Waals surface area contributed by atoms with Crippen molar-refractivity contribution in [2.24, 2.45) is 41.4 Å². The van der Waals surface area contributed by atoms with Gasteiger partial charge in [-0.15, -0.1) is 0 Å². The van der Waals surface area contributed by atoms with Crippen molar-refractivity contribution in [3.63, 3.8) is 0 Å². The zero-order valence-electron chi connectivity index (χ0n) is 47.6. The van der Waals surface area contributed by atoms with E-state index in [1.165, 1.54) is 92.9 Å². The maximum absolute atomic E-state index is 4.13. The Bertz CT molecular complexity index is 3010. The van der Waals surface area contributed by atoms with Gasteiger partial charge in [0, 0.05) is 100.0 Å². The molecule has 416 valence electrons. The highest BCUT2D eigenvalue weighted by atomic mass is 15.6. The summed E-state index contributed by atoms with van der Waals surface area (Å²) in [4.78, 5) is 21.6. The second-order valence-corrected chi connectivity index (χ2v) is 26.5. The van der Waals surface area contributed by atoms with Crippen LogP contribution in [0.3, 0.4) is 0 Å². The Labute approximate surface area is 479 Å². The molecule has 14 atom stereocenters. The van der Waals surface area contributed by atoms with Gasteiger partial charge in [0.25, 0.3) is 0 Å². The summed E-state index contributed by atoms with van der Waals surface area (Å²) in [6.07, 6.45) is 84.8. The van der Waals surface area contributed by atoms with Crippen molar-refractivity contribution in [1.82, 2.24) is 39.6 Å². The van der Waals surface area contributed by atoms with Crippen LogP contribution in [0.15, 0.2) is 202 Å². The molecule has 8 heterocycles. The van der Waals surface area contributed by atoms with E-state index in [2.05, 4.69) is 192 Å². The number of fused-ring (bicyclic) bond motifs is 8. The normalized spacial score (nSPS) is 40.0. The highest BCUT2D eigenvalue weighted by Gasteiger charge is 2.56. The van der Waals surface area contributed by atoms with Gasteiger partial charge in [-0.25, -0.2) is 0 Å². The van der Waals surface area contributed by atoms with E-state index in [0.717, 1.165) is 84.5 Å². The van der Waals surface area contributed by atoms with Gasteiger partial charge in [-0.3, -0.25) is 34.7 Å². The number of allylic oxidation sites excluding steroid dienone is 14. The molecule has 14 unspecified atom stereocenters. The molecular weight excluding hydrogens is 977 g/mol. The number of hydrogen-bond acceptors (Lipinski definition) is 8. The molecule has 0 radical (unpaired) electrons. The van der Waals surface area contributed by atoms with Gasteiger partial charge in [-0.2, -0.15) is 0 Å². The zero-order valence-corrected chi connectivity index (χ0v) is 47.6. The van der Waals surface area contributed by atoms with Crippen LogP contribution >= 0.6 is 0 Å². The van der Waals surface area contributed by atoms with Gasteiger partial charge in [0.05, 0.1) is 43.2 Å². The molecule has 0 amide bonds. The lowest BCUT2D eigenvalue weighted by atomic mass is 9.74. The van der Waals surface area contributed by atoms with Crippen LogP contribution in [0.5, 0.6) is 0 Å². The lowest BCUT2D eigenvalue weighted by Gasteiger charge is -2.63. The van der Waals surface area contributed by atoms with Crippen LogP contribution in [0, 0.1) is 41.4 Å². The summed E-state index contributed by atoms with van der Waals surface area (Å²) in [7, 11) is 0. The highest BCUT2D eigenvalue weighted by molar-refractivity contribution is 5.49. The number of rotatable bonds is 7. The molecular formula is C72H88N8. The Morgan fingerprint density at radius 1 is 0.450 bits per heavy atom. The monoisotopic (exact) mass is 1060 g/mol. The molecule has 0 aromatic heterocycles. The predicted molar refractivity (Wildman–Crippen MR) is 326 cm³/mol. The van der Waals surface area contributed by atoms with Crippen LogP contribution in [0.1, 0.15) is 103 Å². The fourth-order valence-corrected chi connectivity index (χ4v) is 19.1. The average molecular weight is 1070 g/mol. The SMILES string of the molecule is C1=CCC2CN(C3C4CCCCC4=CCN3C3C4C=CCCC4=CCN3C3C4C=CCCC4=CCN3C3C4CC=CCC4=CCN3C3C4CCCCC4=CCN3C3C4=CCC=CC4=CCN3C3NCC=C4C=CC=CC43)C=CC2=C1. The third-order valence-electron chi connectivity index (χ3n) is 22.7. The predicted octanol–water partition coefficient (Wildman–Crippen LogP) is 12.5. The van der Waals surface area contributed by atoms with Gasteiger partial charge in [0.15, 0.2) is 0 Å². The van der Waals surface area contributed by atoms with E-state index in [4.69, 9.17) is 0 Å². The van der Waals surface area contributed by atoms with Crippen molar-refractivity contribution in [2.45, 2.75) is 146 Å². The third kappa shape index (κ3) is 8.77. The van der Waals surface area contributed by atoms with Gasteiger partial charge >= 0.3 is 0 Å². The van der Waals surface area contributed by atoms with E-state index < -0.39 is 0 Å². The van der Waals surface area contributed by atoms with Crippen molar-refractivity contribution in [2.75, 3.05) is 52.4 Å². The Kier molecular flexibility index (Phi) is 13.8. The first-order chi connectivity index (χ1) is 39.7. The lowest BCUT2D eigenvalue weighted by Crippen LogP contribution is -2.74. The minimum absolute atomic E-state index is 0.157. The standard InChI is InChI=1S/C72H88N8/c1-2-25-58-49-74(42-34-50(58)17-1)67-60-27-11-4-19-52(60)36-44-76(67)69-62-29-13-6-21-54(62)38-46-78(69)71-64-31-15-8-23-56(64)40-48-80(71)72-65-32-16-9-24-57(65)39-47-79(72)70-63-30-14-7-22-55(63)37-45-77(70)68-61-28-12-5-20-53(61)35-43-75(68)66-59-26-10-3-18-51(59)33-41-73-66/h1-3,5,9-10,13,15-18,20,26,28-29,31,33-40,42,58-60,62-73H,4,6-8,11-12,14,19,21-25,27,30,32,41,43-49H2. The second kappa shape index (κ2) is 21.7. The summed E-state index contributed by atoms with van der Waals surface area (Å²) in [6, 6.07) is 0. The summed E-state index contributed by atoms with van der Waals surface area (Å²) in [5, 5.41) is 4.13. The molecule has 8 nitrogen and oxygen atoms in total. The van der Waals surface area contributed by atoms with Crippen LogP contribution in [0.25, 0.3) is 0 Å². The van der Waals surface area contributed by atoms with E-state index in [-0.39, 0.29) is 37.0 Å². The van der Waals surface area contributed by atoms with Crippen molar-refractivity contribution < 1.29 is 0 Å². The molecule has 2 saturated carbocycles. The van der Waals surface area contributed by atoms with Crippen LogP contribution in [-0.4, -0.2) is 130 Å². The van der Waals surface area contributed by atoms with Crippen LogP contribution in [0.2, 0.25) is 0 Å². The molecule has 0 aromatic rings. The summed E-state index contributed by atoms with van der Waals surface area (Å²) in [5.41, 5.74) is 14.6. The van der Waals surface area contributed by atoms with Gasteiger partial charge in [-0.1, -0.05) is 180 Å². The summed E-state index contributed by atoms with van der Waals surface area (Å²) < 4.78 is 0. The smallest absolute Gasteiger partial charge is 0.0919 e. The maximum atomic E-state index is 4.13. The number of nitrogens with zero attached hydrogens (tertiary/aromatic N) is 7. The molecule has 1 N–H and O–H groups in total. The van der Waals surface area contributed by atoms with Crippen molar-refractivity contribution in [3.05, 3.63) is 202 Å².